The quantitative estimate of drug-likeness (QED) is 0.126. The summed E-state index contributed by atoms with van der Waals surface area (Å²) in [7, 11) is 142. The normalized spacial score (nSPS) is 11.7. The first-order valence-electron chi connectivity index (χ1n) is 18.2. The van der Waals surface area contributed by atoms with E-state index >= 15 is 0 Å². The summed E-state index contributed by atoms with van der Waals surface area (Å²) < 4.78 is 0. The molecule has 0 saturated heterocycles. The van der Waals surface area contributed by atoms with E-state index in [9.17, 15) is 0 Å². The van der Waals surface area contributed by atoms with Crippen LogP contribution in [0, 0.1) is 0 Å². The molecule has 0 unspecified atom stereocenters. The second kappa shape index (κ2) is 15.2. The minimum absolute atomic E-state index is 0.0103. The first kappa shape index (κ1) is 43.8. The van der Waals surface area contributed by atoms with Crippen LogP contribution in [0.25, 0.3) is 76.5 Å². The van der Waals surface area contributed by atoms with Crippen molar-refractivity contribution in [1.82, 2.24) is 0 Å². The van der Waals surface area contributed by atoms with Gasteiger partial charge in [0.25, 0.3) is 0 Å². The van der Waals surface area contributed by atoms with Gasteiger partial charge < -0.3 is 0 Å². The van der Waals surface area contributed by atoms with E-state index in [1.807, 2.05) is 30.3 Å². The Hall–Kier alpha value is -3.84. The summed E-state index contributed by atoms with van der Waals surface area (Å²) in [4.78, 5) is 0. The minimum Gasteiger partial charge on any atom is -0.110 e. The Morgan fingerprint density at radius 3 is 0.738 bits per heavy atom. The molecule has 8 rings (SSSR count). The first-order chi connectivity index (χ1) is 28.6. The van der Waals surface area contributed by atoms with Gasteiger partial charge in [-0.2, -0.15) is 0 Å². The predicted molar refractivity (Wildman–Crippen MR) is 286 cm³/mol. The van der Waals surface area contributed by atoms with E-state index in [0.29, 0.717) is 21.9 Å². The Balaban J connectivity index is 1.75. The number of fused-ring (bicyclic) bond motifs is 4. The SMILES string of the molecule is [B]c1c([B])c([B])c2c([B])c(-c3c([B])c([B])c(-c4c5c([B])c([B])c([B])c([B])c5c(-c5ccccc5)c5c([B])c([B])c([B])c([B])c45)c4c([B])c([B])c([B])c([B])c34)c([B])c([B])c2c1[B]. The lowest BCUT2D eigenvalue weighted by Gasteiger charge is -2.33. The van der Waals surface area contributed by atoms with Crippen LogP contribution in [0.15, 0.2) is 30.3 Å². The summed E-state index contributed by atoms with van der Waals surface area (Å²) in [5.41, 5.74) is -0.0115. The van der Waals surface area contributed by atoms with Crippen LogP contribution in [0.3, 0.4) is 0 Å². The molecule has 21 heteroatoms. The maximum absolute atomic E-state index is 7.27. The van der Waals surface area contributed by atoms with Gasteiger partial charge in [0.1, 0.15) is 165 Å². The molecule has 0 aliphatic heterocycles. The molecular weight excluding hydrogens is 707 g/mol. The summed E-state index contributed by atoms with van der Waals surface area (Å²) in [6.45, 7) is 0. The Labute approximate surface area is 384 Å². The third kappa shape index (κ3) is 5.83. The summed E-state index contributed by atoms with van der Waals surface area (Å²) in [5, 5.41) is 1.39. The average molecular weight is 713 g/mol. The Morgan fingerprint density at radius 2 is 0.393 bits per heavy atom. The second-order valence-electron chi connectivity index (χ2n) is 14.9. The van der Waals surface area contributed by atoms with Crippen molar-refractivity contribution in [2.24, 2.45) is 0 Å². The maximum Gasteiger partial charge on any atom is 0.115 e. The first-order valence-corrected chi connectivity index (χ1v) is 18.2. The van der Waals surface area contributed by atoms with Gasteiger partial charge in [0.15, 0.2) is 0 Å². The molecule has 0 amide bonds. The Bertz CT molecular complexity index is 3280. The zero-order valence-electron chi connectivity index (χ0n) is 32.5. The van der Waals surface area contributed by atoms with E-state index in [-0.39, 0.29) is 169 Å². The molecule has 0 spiro atoms. The van der Waals surface area contributed by atoms with Gasteiger partial charge >= 0.3 is 0 Å². The highest BCUT2D eigenvalue weighted by Gasteiger charge is 2.30. The van der Waals surface area contributed by atoms with Crippen LogP contribution in [0.4, 0.5) is 0 Å². The van der Waals surface area contributed by atoms with Crippen molar-refractivity contribution >= 4 is 323 Å². The molecule has 228 valence electrons. The zero-order valence-corrected chi connectivity index (χ0v) is 32.5. The highest BCUT2D eigenvalue weighted by molar-refractivity contribution is 6.76. The highest BCUT2D eigenvalue weighted by Crippen LogP contribution is 2.42. The third-order valence-corrected chi connectivity index (χ3v) is 11.9. The van der Waals surface area contributed by atoms with Gasteiger partial charge in [0, 0.05) is 0 Å². The Kier molecular flexibility index (Phi) is 10.9. The van der Waals surface area contributed by atoms with Crippen molar-refractivity contribution in [2.75, 3.05) is 0 Å². The van der Waals surface area contributed by atoms with Gasteiger partial charge in [-0.1, -0.05) is 101 Å². The lowest BCUT2D eigenvalue weighted by Crippen LogP contribution is -2.53. The molecule has 0 bridgehead atoms. The average Bonchev–Trinajstić information content (AvgIpc) is 3.24. The summed E-state index contributed by atoms with van der Waals surface area (Å²) in [6, 6.07) is 9.09. The fourth-order valence-electron chi connectivity index (χ4n) is 8.69. The fraction of sp³-hybridized carbons (Fsp3) is 0. The largest absolute Gasteiger partial charge is 0.115 e. The van der Waals surface area contributed by atoms with Crippen LogP contribution in [0.5, 0.6) is 0 Å². The molecule has 8 aromatic carbocycles. The number of hydrogen-bond donors (Lipinski definition) is 0. The molecule has 0 nitrogen and oxygen atoms in total. The van der Waals surface area contributed by atoms with Crippen molar-refractivity contribution in [3.63, 3.8) is 0 Å². The number of benzene rings is 8. The van der Waals surface area contributed by atoms with Gasteiger partial charge in [-0.25, -0.2) is 0 Å². The number of hydrogen-bond acceptors (Lipinski definition) is 0. The van der Waals surface area contributed by atoms with E-state index < -0.39 is 0 Å². The van der Waals surface area contributed by atoms with E-state index in [1.165, 1.54) is 0 Å². The predicted octanol–water partition coefficient (Wildman–Crippen LogP) is -14.0. The van der Waals surface area contributed by atoms with Gasteiger partial charge in [-0.05, 0) is 76.5 Å². The highest BCUT2D eigenvalue weighted by atomic mass is 14.3. The molecule has 42 radical (unpaired) electrons. The molecule has 8 aromatic rings. The van der Waals surface area contributed by atoms with Crippen molar-refractivity contribution in [3.8, 4) is 33.4 Å². The molecule has 0 atom stereocenters. The second-order valence-corrected chi connectivity index (χ2v) is 14.9. The van der Waals surface area contributed by atoms with Crippen LogP contribution < -0.4 is 115 Å². The lowest BCUT2D eigenvalue weighted by molar-refractivity contribution is 1.69. The van der Waals surface area contributed by atoms with Crippen LogP contribution in [0.2, 0.25) is 0 Å². The van der Waals surface area contributed by atoms with Crippen molar-refractivity contribution in [3.05, 3.63) is 30.3 Å². The lowest BCUT2D eigenvalue weighted by atomic mass is 9.55. The summed E-state index contributed by atoms with van der Waals surface area (Å²) in [5.74, 6) is 0. The molecule has 0 saturated carbocycles. The summed E-state index contributed by atoms with van der Waals surface area (Å²) >= 11 is 0. The standard InChI is InChI=1S/C40H5B21/c41-20-17(29(50)30(51)19-18(20)31(52)39(60)40(61)32(19)53)16-15-14(27(48)37(58)38(59)28(15)49)13(21(42)22(16)43)8-11-9(23(44)33(54)35(56)25(11)46)7(6-4-2-1-3-5-6)10-12(8)26(47)36(57)34(55)24(10)45/h1-5H. The fourth-order valence-corrected chi connectivity index (χ4v) is 8.69. The number of rotatable bonds is 3. The van der Waals surface area contributed by atoms with Gasteiger partial charge in [-0.3, -0.25) is 0 Å². The molecular formula is C40H5B21. The monoisotopic (exact) mass is 716 g/mol. The van der Waals surface area contributed by atoms with Gasteiger partial charge in [-0.15, -0.1) is 43.7 Å². The van der Waals surface area contributed by atoms with Crippen LogP contribution in [0.1, 0.15) is 0 Å². The minimum atomic E-state index is -0.164. The third-order valence-electron chi connectivity index (χ3n) is 11.9. The topological polar surface area (TPSA) is 0 Å². The summed E-state index contributed by atoms with van der Waals surface area (Å²) in [6.07, 6.45) is 0. The van der Waals surface area contributed by atoms with Crippen LogP contribution in [-0.4, -0.2) is 165 Å². The smallest absolute Gasteiger partial charge is 0.110 e. The van der Waals surface area contributed by atoms with Gasteiger partial charge in [0.05, 0.1) is 0 Å². The van der Waals surface area contributed by atoms with Crippen molar-refractivity contribution in [1.29, 1.82) is 0 Å². The molecule has 0 N–H and O–H groups in total. The molecule has 61 heavy (non-hydrogen) atoms. The van der Waals surface area contributed by atoms with Crippen LogP contribution in [-0.2, 0) is 0 Å². The molecule has 0 aromatic heterocycles. The molecule has 0 heterocycles. The van der Waals surface area contributed by atoms with Gasteiger partial charge in [0.2, 0.25) is 0 Å². The van der Waals surface area contributed by atoms with Crippen molar-refractivity contribution < 1.29 is 0 Å². The maximum atomic E-state index is 7.27. The molecule has 0 aliphatic carbocycles. The molecule has 0 aliphatic rings. The van der Waals surface area contributed by atoms with Crippen molar-refractivity contribution in [2.45, 2.75) is 0 Å². The Morgan fingerprint density at radius 1 is 0.164 bits per heavy atom. The van der Waals surface area contributed by atoms with E-state index in [2.05, 4.69) is 0 Å². The molecule has 0 fully saturated rings. The van der Waals surface area contributed by atoms with Crippen LogP contribution >= 0.6 is 0 Å². The van der Waals surface area contributed by atoms with E-state index in [0.717, 1.165) is 0 Å². The van der Waals surface area contributed by atoms with E-state index in [4.69, 9.17) is 165 Å². The van der Waals surface area contributed by atoms with E-state index in [1.54, 1.807) is 0 Å². The zero-order chi connectivity index (χ0) is 44.7.